The molecular formula is C17H17F2N3O4S. The van der Waals surface area contributed by atoms with E-state index in [1.54, 1.807) is 18.2 Å². The van der Waals surface area contributed by atoms with Crippen LogP contribution in [0.3, 0.4) is 0 Å². The SMILES string of the molecule is O=S(=O)(Nc1cccc(N2CCNCC2)c1)c1cccc2c1OC(F)(F)O2. The van der Waals surface area contributed by atoms with Gasteiger partial charge in [-0.1, -0.05) is 12.1 Å². The molecule has 0 atom stereocenters. The number of benzene rings is 2. The van der Waals surface area contributed by atoms with Crippen molar-refractivity contribution in [1.82, 2.24) is 5.32 Å². The van der Waals surface area contributed by atoms with Crippen molar-refractivity contribution >= 4 is 21.4 Å². The van der Waals surface area contributed by atoms with Gasteiger partial charge in [-0.3, -0.25) is 4.72 Å². The Balaban J connectivity index is 1.61. The van der Waals surface area contributed by atoms with E-state index in [0.29, 0.717) is 5.69 Å². The fraction of sp³-hybridized carbons (Fsp3) is 0.294. The fourth-order valence-corrected chi connectivity index (χ4v) is 4.25. The summed E-state index contributed by atoms with van der Waals surface area (Å²) in [6.45, 7) is 3.31. The van der Waals surface area contributed by atoms with Crippen molar-refractivity contribution < 1.29 is 26.7 Å². The Morgan fingerprint density at radius 2 is 1.81 bits per heavy atom. The molecule has 0 amide bonds. The number of para-hydroxylation sites is 1. The zero-order valence-electron chi connectivity index (χ0n) is 14.1. The third-order valence-corrected chi connectivity index (χ3v) is 5.67. The Bertz CT molecular complexity index is 962. The number of hydrogen-bond acceptors (Lipinski definition) is 6. The minimum Gasteiger partial charge on any atom is -0.395 e. The van der Waals surface area contributed by atoms with E-state index < -0.39 is 27.0 Å². The Hall–Kier alpha value is -2.59. The van der Waals surface area contributed by atoms with E-state index in [1.807, 2.05) is 6.07 Å². The molecule has 2 aliphatic heterocycles. The maximum absolute atomic E-state index is 13.3. The Labute approximate surface area is 154 Å². The van der Waals surface area contributed by atoms with Crippen LogP contribution in [0, 0.1) is 0 Å². The van der Waals surface area contributed by atoms with Crippen molar-refractivity contribution in [2.45, 2.75) is 11.2 Å². The number of alkyl halides is 2. The molecule has 0 aliphatic carbocycles. The van der Waals surface area contributed by atoms with E-state index in [9.17, 15) is 17.2 Å². The zero-order valence-corrected chi connectivity index (χ0v) is 14.9. The number of hydrogen-bond donors (Lipinski definition) is 2. The van der Waals surface area contributed by atoms with Crippen LogP contribution in [0.4, 0.5) is 20.2 Å². The maximum Gasteiger partial charge on any atom is 0.586 e. The number of anilines is 2. The summed E-state index contributed by atoms with van der Waals surface area (Å²) in [5.41, 5.74) is 1.20. The van der Waals surface area contributed by atoms with E-state index in [1.165, 1.54) is 18.2 Å². The lowest BCUT2D eigenvalue weighted by Gasteiger charge is -2.29. The molecule has 0 spiro atoms. The van der Waals surface area contributed by atoms with Crippen molar-refractivity contribution in [3.63, 3.8) is 0 Å². The molecule has 0 saturated carbocycles. The van der Waals surface area contributed by atoms with Gasteiger partial charge in [0.1, 0.15) is 4.90 Å². The Kier molecular flexibility index (Phi) is 4.31. The van der Waals surface area contributed by atoms with E-state index in [2.05, 4.69) is 24.4 Å². The standard InChI is InChI=1S/C17H17F2N3O4S/c18-17(19)25-14-5-2-6-15(16(14)26-17)27(23,24)21-12-3-1-4-13(11-12)22-9-7-20-8-10-22/h1-6,11,20-21H,7-10H2. The van der Waals surface area contributed by atoms with Crippen LogP contribution in [0.25, 0.3) is 0 Å². The van der Waals surface area contributed by atoms with Gasteiger partial charge in [0, 0.05) is 31.9 Å². The van der Waals surface area contributed by atoms with Crippen LogP contribution in [0.1, 0.15) is 0 Å². The lowest BCUT2D eigenvalue weighted by atomic mass is 10.2. The first-order chi connectivity index (χ1) is 12.8. The largest absolute Gasteiger partial charge is 0.586 e. The molecule has 2 aromatic carbocycles. The molecule has 10 heteroatoms. The second-order valence-electron chi connectivity index (χ2n) is 6.14. The van der Waals surface area contributed by atoms with Gasteiger partial charge in [-0.15, -0.1) is 8.78 Å². The molecule has 1 saturated heterocycles. The number of nitrogens with zero attached hydrogens (tertiary/aromatic N) is 1. The lowest BCUT2D eigenvalue weighted by Crippen LogP contribution is -2.43. The molecule has 0 unspecified atom stereocenters. The summed E-state index contributed by atoms with van der Waals surface area (Å²) in [4.78, 5) is 1.72. The first-order valence-electron chi connectivity index (χ1n) is 8.31. The fourth-order valence-electron chi connectivity index (χ4n) is 3.06. The van der Waals surface area contributed by atoms with Crippen LogP contribution in [0.2, 0.25) is 0 Å². The Morgan fingerprint density at radius 3 is 2.59 bits per heavy atom. The molecule has 0 bridgehead atoms. The number of halogens is 2. The summed E-state index contributed by atoms with van der Waals surface area (Å²) >= 11 is 0. The van der Waals surface area contributed by atoms with Gasteiger partial charge in [0.05, 0.1) is 5.69 Å². The summed E-state index contributed by atoms with van der Waals surface area (Å²) in [7, 11) is -4.16. The van der Waals surface area contributed by atoms with E-state index in [0.717, 1.165) is 31.9 Å². The van der Waals surface area contributed by atoms with E-state index in [-0.39, 0.29) is 5.75 Å². The average Bonchev–Trinajstić information content (AvgIpc) is 2.96. The second-order valence-corrected chi connectivity index (χ2v) is 7.79. The van der Waals surface area contributed by atoms with Crippen LogP contribution < -0.4 is 24.4 Å². The molecule has 27 heavy (non-hydrogen) atoms. The molecule has 4 rings (SSSR count). The van der Waals surface area contributed by atoms with Crippen LogP contribution in [0.15, 0.2) is 47.4 Å². The molecule has 2 aromatic rings. The molecule has 2 N–H and O–H groups in total. The highest BCUT2D eigenvalue weighted by molar-refractivity contribution is 7.92. The number of nitrogens with one attached hydrogen (secondary N) is 2. The molecule has 144 valence electrons. The van der Waals surface area contributed by atoms with Gasteiger partial charge in [0.15, 0.2) is 11.5 Å². The first-order valence-corrected chi connectivity index (χ1v) is 9.80. The normalized spacial score (nSPS) is 18.4. The molecule has 2 heterocycles. The summed E-state index contributed by atoms with van der Waals surface area (Å²) in [6.07, 6.45) is -3.89. The summed E-state index contributed by atoms with van der Waals surface area (Å²) in [5.74, 6) is -0.828. The maximum atomic E-state index is 13.3. The average molecular weight is 397 g/mol. The molecule has 0 aromatic heterocycles. The zero-order chi connectivity index (χ0) is 19.1. The summed E-state index contributed by atoms with van der Waals surface area (Å²) < 4.78 is 63.2. The number of rotatable bonds is 4. The van der Waals surface area contributed by atoms with E-state index in [4.69, 9.17) is 0 Å². The summed E-state index contributed by atoms with van der Waals surface area (Å²) in [5, 5.41) is 3.25. The topological polar surface area (TPSA) is 79.9 Å². The van der Waals surface area contributed by atoms with Crippen LogP contribution in [-0.4, -0.2) is 40.9 Å². The second kappa shape index (κ2) is 6.54. The Morgan fingerprint density at radius 1 is 1.07 bits per heavy atom. The van der Waals surface area contributed by atoms with Crippen LogP contribution in [0.5, 0.6) is 11.5 Å². The van der Waals surface area contributed by atoms with Crippen molar-refractivity contribution in [3.8, 4) is 11.5 Å². The van der Waals surface area contributed by atoms with Crippen molar-refractivity contribution in [3.05, 3.63) is 42.5 Å². The predicted octanol–water partition coefficient (Wildman–Crippen LogP) is 2.22. The number of sulfonamides is 1. The van der Waals surface area contributed by atoms with E-state index >= 15 is 0 Å². The van der Waals surface area contributed by atoms with Gasteiger partial charge in [0.2, 0.25) is 0 Å². The quantitative estimate of drug-likeness (QED) is 0.824. The highest BCUT2D eigenvalue weighted by Gasteiger charge is 2.46. The molecule has 0 radical (unpaired) electrons. The highest BCUT2D eigenvalue weighted by Crippen LogP contribution is 2.45. The van der Waals surface area contributed by atoms with Crippen molar-refractivity contribution in [2.24, 2.45) is 0 Å². The summed E-state index contributed by atoms with van der Waals surface area (Å²) in [6, 6.07) is 10.7. The monoisotopic (exact) mass is 397 g/mol. The van der Waals surface area contributed by atoms with Crippen molar-refractivity contribution in [1.29, 1.82) is 0 Å². The van der Waals surface area contributed by atoms with Gasteiger partial charge in [0.25, 0.3) is 10.0 Å². The van der Waals surface area contributed by atoms with Crippen LogP contribution >= 0.6 is 0 Å². The van der Waals surface area contributed by atoms with Gasteiger partial charge >= 0.3 is 6.29 Å². The van der Waals surface area contributed by atoms with Crippen molar-refractivity contribution in [2.75, 3.05) is 35.8 Å². The highest BCUT2D eigenvalue weighted by atomic mass is 32.2. The number of fused-ring (bicyclic) bond motifs is 1. The third kappa shape index (κ3) is 3.62. The smallest absolute Gasteiger partial charge is 0.395 e. The minimum absolute atomic E-state index is 0.322. The molecule has 7 nitrogen and oxygen atoms in total. The van der Waals surface area contributed by atoms with Gasteiger partial charge in [-0.05, 0) is 30.3 Å². The molecule has 1 fully saturated rings. The first kappa shape index (κ1) is 17.8. The number of ether oxygens (including phenoxy) is 2. The lowest BCUT2D eigenvalue weighted by molar-refractivity contribution is -0.287. The van der Waals surface area contributed by atoms with Crippen LogP contribution in [-0.2, 0) is 10.0 Å². The van der Waals surface area contributed by atoms with Gasteiger partial charge in [-0.25, -0.2) is 8.42 Å². The van der Waals surface area contributed by atoms with Gasteiger partial charge < -0.3 is 19.7 Å². The van der Waals surface area contributed by atoms with Gasteiger partial charge in [-0.2, -0.15) is 0 Å². The molecule has 2 aliphatic rings. The minimum atomic E-state index is -4.16. The predicted molar refractivity (Wildman–Crippen MR) is 95.0 cm³/mol. The third-order valence-electron chi connectivity index (χ3n) is 4.26. The molecular weight excluding hydrogens is 380 g/mol. The number of piperazine rings is 1.